The van der Waals surface area contributed by atoms with E-state index in [0.29, 0.717) is 39.3 Å². The predicted molar refractivity (Wildman–Crippen MR) is 225 cm³/mol. The number of carbonyl (C=O) groups excluding carboxylic acids is 4. The molecule has 0 aromatic heterocycles. The monoisotopic (exact) mass is 782 g/mol. The van der Waals surface area contributed by atoms with E-state index in [9.17, 15) is 14.7 Å². The largest absolute Gasteiger partial charge is 0.504 e. The van der Waals surface area contributed by atoms with Gasteiger partial charge in [-0.2, -0.15) is 10.2 Å². The fourth-order valence-electron chi connectivity index (χ4n) is 9.98. The quantitative estimate of drug-likeness (QED) is 0.0946. The molecular weight excluding hydrogens is 741 g/mol. The number of hydrogen-bond acceptors (Lipinski definition) is 9. The van der Waals surface area contributed by atoms with Gasteiger partial charge in [-0.3, -0.25) is 24.1 Å². The van der Waals surface area contributed by atoms with Crippen LogP contribution in [0.5, 0.6) is 11.5 Å². The Balaban J connectivity index is 1.12. The molecule has 6 unspecified atom stereocenters. The van der Waals surface area contributed by atoms with Crippen LogP contribution in [0, 0.1) is 23.7 Å². The number of azo groups is 1. The predicted octanol–water partition coefficient (Wildman–Crippen LogP) is 8.91. The first-order chi connectivity index (χ1) is 28.6. The van der Waals surface area contributed by atoms with E-state index in [1.165, 1.54) is 24.2 Å². The van der Waals surface area contributed by atoms with Crippen molar-refractivity contribution in [2.45, 2.75) is 24.2 Å². The molecule has 59 heavy (non-hydrogen) atoms. The third-order valence-corrected chi connectivity index (χ3v) is 12.7. The molecule has 5 aromatic rings. The summed E-state index contributed by atoms with van der Waals surface area (Å²) in [6.45, 7) is 0. The molecular formula is C49H42N4O6. The molecule has 3 aliphatic carbocycles. The van der Waals surface area contributed by atoms with Crippen LogP contribution >= 0.6 is 0 Å². The van der Waals surface area contributed by atoms with Gasteiger partial charge < -0.3 is 14.7 Å². The number of amides is 2. The molecule has 4 aliphatic rings. The first-order valence-electron chi connectivity index (χ1n) is 19.8. The summed E-state index contributed by atoms with van der Waals surface area (Å²) >= 11 is 0. The SMILES string of the molecule is COc1cc(C2C3=CCC4C(=O)N(c5ccc(N=Nc6ccc(N(C)C)cc6)cc5)C(=O)C4C3CC3C(=O)C(c4ccccc4)=CC(=O)C32c2ccccc2)ccc1O. The number of nitrogens with zero attached hydrogens (tertiary/aromatic N) is 4. The van der Waals surface area contributed by atoms with Gasteiger partial charge in [-0.05, 0) is 102 Å². The van der Waals surface area contributed by atoms with Gasteiger partial charge in [-0.15, -0.1) is 0 Å². The number of methoxy groups -OCH3 is 1. The second kappa shape index (κ2) is 14.8. The number of benzene rings is 5. The summed E-state index contributed by atoms with van der Waals surface area (Å²) in [6.07, 6.45) is 3.98. The van der Waals surface area contributed by atoms with Crippen LogP contribution in [0.3, 0.4) is 0 Å². The lowest BCUT2D eigenvalue weighted by Crippen LogP contribution is -2.58. The van der Waals surface area contributed by atoms with Crippen molar-refractivity contribution in [3.8, 4) is 11.5 Å². The summed E-state index contributed by atoms with van der Waals surface area (Å²) in [5, 5.41) is 19.4. The number of fused-ring (bicyclic) bond motifs is 4. The van der Waals surface area contributed by atoms with E-state index >= 15 is 9.59 Å². The van der Waals surface area contributed by atoms with Crippen molar-refractivity contribution in [1.29, 1.82) is 0 Å². The minimum atomic E-state index is -1.39. The van der Waals surface area contributed by atoms with Crippen LogP contribution in [-0.4, -0.2) is 49.7 Å². The standard InChI is InChI=1S/C49H42N4O6/c1-52(2)34-19-15-32(16-20-34)50-51-33-17-21-35(22-18-33)53-47(57)37-24-23-36-39(44(37)48(53)58)27-40-46(56)38(29-10-6-4-7-11-29)28-43(55)49(40,31-12-8-5-9-13-31)45(36)30-14-25-41(54)42(26-30)59-3/h4-23,25-26,28,37,39-40,44-45,54H,24,27H2,1-3H3. The molecule has 9 rings (SSSR count). The normalized spacial score (nSPS) is 24.9. The van der Waals surface area contributed by atoms with E-state index in [1.54, 1.807) is 36.4 Å². The molecule has 5 aromatic carbocycles. The first kappa shape index (κ1) is 37.6. The molecule has 1 aliphatic heterocycles. The van der Waals surface area contributed by atoms with E-state index in [2.05, 4.69) is 10.2 Å². The van der Waals surface area contributed by atoms with Crippen LogP contribution < -0.4 is 14.5 Å². The van der Waals surface area contributed by atoms with Crippen LogP contribution in [0.25, 0.3) is 5.57 Å². The van der Waals surface area contributed by atoms with Crippen LogP contribution in [0.15, 0.2) is 155 Å². The van der Waals surface area contributed by atoms with Crippen molar-refractivity contribution in [2.75, 3.05) is 31.0 Å². The van der Waals surface area contributed by atoms with Gasteiger partial charge in [0.15, 0.2) is 23.1 Å². The third kappa shape index (κ3) is 6.09. The number of anilines is 2. The molecule has 0 radical (unpaired) electrons. The Kier molecular flexibility index (Phi) is 9.42. The van der Waals surface area contributed by atoms with Gasteiger partial charge in [0.1, 0.15) is 0 Å². The lowest BCUT2D eigenvalue weighted by Gasteiger charge is -2.55. The highest BCUT2D eigenvalue weighted by atomic mass is 16.5. The van der Waals surface area contributed by atoms with E-state index < -0.39 is 35.0 Å². The molecule has 1 saturated heterocycles. The highest BCUT2D eigenvalue weighted by Gasteiger charge is 2.66. The van der Waals surface area contributed by atoms with Crippen molar-refractivity contribution >= 4 is 51.7 Å². The molecule has 0 spiro atoms. The van der Waals surface area contributed by atoms with Crippen molar-refractivity contribution < 1.29 is 29.0 Å². The Labute approximate surface area is 342 Å². The zero-order valence-corrected chi connectivity index (χ0v) is 32.9. The minimum Gasteiger partial charge on any atom is -0.504 e. The van der Waals surface area contributed by atoms with Gasteiger partial charge in [-0.1, -0.05) is 78.4 Å². The molecule has 2 amide bonds. The molecule has 2 fully saturated rings. The fourth-order valence-corrected chi connectivity index (χ4v) is 9.98. The van der Waals surface area contributed by atoms with Crippen LogP contribution in [0.1, 0.15) is 35.4 Å². The number of allylic oxidation sites excluding steroid dienone is 4. The maximum Gasteiger partial charge on any atom is 0.238 e. The number of rotatable bonds is 8. The summed E-state index contributed by atoms with van der Waals surface area (Å²) in [4.78, 5) is 62.9. The van der Waals surface area contributed by atoms with E-state index in [4.69, 9.17) is 4.74 Å². The Morgan fingerprint density at radius 1 is 0.763 bits per heavy atom. The Hall–Kier alpha value is -6.94. The summed E-state index contributed by atoms with van der Waals surface area (Å²) in [7, 11) is 5.40. The van der Waals surface area contributed by atoms with E-state index in [0.717, 1.165) is 11.3 Å². The number of phenolic OH excluding ortho intramolecular Hbond substituents is 1. The number of aromatic hydroxyl groups is 1. The van der Waals surface area contributed by atoms with Crippen LogP contribution in [0.2, 0.25) is 0 Å². The smallest absolute Gasteiger partial charge is 0.238 e. The van der Waals surface area contributed by atoms with Gasteiger partial charge in [0, 0.05) is 37.2 Å². The maximum atomic E-state index is 15.3. The van der Waals surface area contributed by atoms with Crippen LogP contribution in [0.4, 0.5) is 22.7 Å². The van der Waals surface area contributed by atoms with Crippen molar-refractivity contribution in [1.82, 2.24) is 0 Å². The zero-order chi connectivity index (χ0) is 41.0. The van der Waals surface area contributed by atoms with Gasteiger partial charge in [0.2, 0.25) is 11.8 Å². The summed E-state index contributed by atoms with van der Waals surface area (Å²) in [6, 6.07) is 38.2. The maximum absolute atomic E-state index is 15.3. The van der Waals surface area contributed by atoms with E-state index in [-0.39, 0.29) is 47.7 Å². The second-order valence-electron chi connectivity index (χ2n) is 15.9. The summed E-state index contributed by atoms with van der Waals surface area (Å²) in [5.41, 5.74) is 4.47. The van der Waals surface area contributed by atoms with Crippen molar-refractivity contribution in [3.63, 3.8) is 0 Å². The molecule has 1 N–H and O–H groups in total. The zero-order valence-electron chi connectivity index (χ0n) is 32.9. The topological polar surface area (TPSA) is 129 Å². The number of carbonyl (C=O) groups is 4. The average Bonchev–Trinajstić information content (AvgIpc) is 3.53. The number of hydrogen-bond donors (Lipinski definition) is 1. The Morgan fingerprint density at radius 2 is 1.41 bits per heavy atom. The Bertz CT molecular complexity index is 2580. The molecule has 6 atom stereocenters. The lowest BCUT2D eigenvalue weighted by molar-refractivity contribution is -0.135. The van der Waals surface area contributed by atoms with Gasteiger partial charge in [-0.25, -0.2) is 0 Å². The van der Waals surface area contributed by atoms with Gasteiger partial charge in [0.25, 0.3) is 0 Å². The highest BCUT2D eigenvalue weighted by Crippen LogP contribution is 2.64. The molecule has 10 nitrogen and oxygen atoms in total. The third-order valence-electron chi connectivity index (χ3n) is 12.7. The number of phenols is 1. The number of Topliss-reactive ketones (excluding diaryl/α,β-unsaturated/α-hetero) is 1. The molecule has 10 heteroatoms. The Morgan fingerprint density at radius 3 is 2.05 bits per heavy atom. The number of imide groups is 1. The molecule has 0 bridgehead atoms. The fraction of sp³-hybridized carbons (Fsp3) is 0.224. The summed E-state index contributed by atoms with van der Waals surface area (Å²) < 4.78 is 5.58. The second-order valence-corrected chi connectivity index (χ2v) is 15.9. The van der Waals surface area contributed by atoms with Crippen LogP contribution in [-0.2, 0) is 24.6 Å². The van der Waals surface area contributed by atoms with Gasteiger partial charge in [0.05, 0.1) is 41.4 Å². The highest BCUT2D eigenvalue weighted by molar-refractivity contribution is 6.32. The molecule has 1 heterocycles. The lowest BCUT2D eigenvalue weighted by atomic mass is 9.44. The van der Waals surface area contributed by atoms with Crippen molar-refractivity contribution in [3.05, 3.63) is 162 Å². The molecule has 1 saturated carbocycles. The van der Waals surface area contributed by atoms with Gasteiger partial charge >= 0.3 is 0 Å². The first-order valence-corrected chi connectivity index (χ1v) is 19.8. The molecule has 294 valence electrons. The van der Waals surface area contributed by atoms with E-state index in [1.807, 2.05) is 110 Å². The summed E-state index contributed by atoms with van der Waals surface area (Å²) in [5.74, 6) is -4.47. The minimum absolute atomic E-state index is 0.0673. The number of ketones is 2. The number of ether oxygens (including phenoxy) is 1. The van der Waals surface area contributed by atoms with Crippen molar-refractivity contribution in [2.24, 2.45) is 33.9 Å². The average molecular weight is 783 g/mol.